The quantitative estimate of drug-likeness (QED) is 0.704. The molecule has 0 bridgehead atoms. The predicted octanol–water partition coefficient (Wildman–Crippen LogP) is 2.51. The summed E-state index contributed by atoms with van der Waals surface area (Å²) in [4.78, 5) is 11.6. The molecule has 0 atom stereocenters. The van der Waals surface area contributed by atoms with E-state index in [0.29, 0.717) is 0 Å². The first kappa shape index (κ1) is 9.65. The Morgan fingerprint density at radius 3 is 2.64 bits per heavy atom. The summed E-state index contributed by atoms with van der Waals surface area (Å²) in [6, 6.07) is 3.71. The number of halogens is 2. The Morgan fingerprint density at radius 1 is 1.36 bits per heavy atom. The average Bonchev–Trinajstić information content (AvgIpc) is 2.06. The highest BCUT2D eigenvalue weighted by molar-refractivity contribution is 8.00. The van der Waals surface area contributed by atoms with Gasteiger partial charge in [0.05, 0.1) is 5.56 Å². The molecular formula is C10H8F2OS. The maximum Gasteiger partial charge on any atom is 0.170 e. The van der Waals surface area contributed by atoms with E-state index in [2.05, 4.69) is 0 Å². The van der Waals surface area contributed by atoms with E-state index in [0.717, 1.165) is 17.6 Å². The van der Waals surface area contributed by atoms with Crippen LogP contribution in [-0.4, -0.2) is 17.3 Å². The van der Waals surface area contributed by atoms with Gasteiger partial charge in [-0.25, -0.2) is 8.78 Å². The second-order valence-corrected chi connectivity index (χ2v) is 4.27. The zero-order valence-corrected chi connectivity index (χ0v) is 8.11. The molecule has 0 unspecified atom stereocenters. The largest absolute Gasteiger partial charge is 0.294 e. The zero-order chi connectivity index (χ0) is 10.1. The van der Waals surface area contributed by atoms with E-state index in [9.17, 15) is 13.6 Å². The summed E-state index contributed by atoms with van der Waals surface area (Å²) in [5.41, 5.74) is -0.115. The molecule has 1 aliphatic heterocycles. The molecule has 4 heteroatoms. The molecule has 74 valence electrons. The minimum absolute atomic E-state index is 0.115. The lowest BCUT2D eigenvalue weighted by Gasteiger charge is -2.23. The zero-order valence-electron chi connectivity index (χ0n) is 7.30. The van der Waals surface area contributed by atoms with Crippen molar-refractivity contribution in [2.75, 3.05) is 11.5 Å². The van der Waals surface area contributed by atoms with Gasteiger partial charge in [0.2, 0.25) is 0 Å². The van der Waals surface area contributed by atoms with Crippen LogP contribution in [-0.2, 0) is 0 Å². The monoisotopic (exact) mass is 214 g/mol. The van der Waals surface area contributed by atoms with Gasteiger partial charge in [-0.15, -0.1) is 0 Å². The van der Waals surface area contributed by atoms with E-state index in [-0.39, 0.29) is 17.3 Å². The standard InChI is InChI=1S/C10H8F2OS/c11-8-3-1-2-7(9(8)12)10(13)6-4-14-5-6/h1-3,6H,4-5H2. The summed E-state index contributed by atoms with van der Waals surface area (Å²) < 4.78 is 26.0. The molecule has 1 heterocycles. The van der Waals surface area contributed by atoms with Crippen molar-refractivity contribution < 1.29 is 13.6 Å². The van der Waals surface area contributed by atoms with Crippen molar-refractivity contribution in [3.05, 3.63) is 35.4 Å². The van der Waals surface area contributed by atoms with Crippen molar-refractivity contribution in [1.29, 1.82) is 0 Å². The van der Waals surface area contributed by atoms with Crippen molar-refractivity contribution in [3.8, 4) is 0 Å². The molecule has 0 aromatic heterocycles. The molecule has 1 saturated heterocycles. The lowest BCUT2D eigenvalue weighted by Crippen LogP contribution is -2.28. The molecule has 0 amide bonds. The number of carbonyl (C=O) groups excluding carboxylic acids is 1. The van der Waals surface area contributed by atoms with Gasteiger partial charge in [-0.1, -0.05) is 6.07 Å². The highest BCUT2D eigenvalue weighted by atomic mass is 32.2. The van der Waals surface area contributed by atoms with Gasteiger partial charge in [0, 0.05) is 17.4 Å². The molecule has 1 aromatic carbocycles. The summed E-state index contributed by atoms with van der Waals surface area (Å²) in [5, 5.41) is 0. The smallest absolute Gasteiger partial charge is 0.170 e. The maximum absolute atomic E-state index is 13.2. The van der Waals surface area contributed by atoms with Crippen LogP contribution in [0.1, 0.15) is 10.4 Å². The van der Waals surface area contributed by atoms with Crippen LogP contribution >= 0.6 is 11.8 Å². The van der Waals surface area contributed by atoms with Gasteiger partial charge in [0.1, 0.15) is 0 Å². The number of carbonyl (C=O) groups is 1. The van der Waals surface area contributed by atoms with E-state index in [1.54, 1.807) is 11.8 Å². The van der Waals surface area contributed by atoms with Crippen LogP contribution in [0.15, 0.2) is 18.2 Å². The van der Waals surface area contributed by atoms with Gasteiger partial charge < -0.3 is 0 Å². The fraction of sp³-hybridized carbons (Fsp3) is 0.300. The Labute approximate surface area is 84.5 Å². The van der Waals surface area contributed by atoms with Gasteiger partial charge >= 0.3 is 0 Å². The molecule has 0 radical (unpaired) electrons. The van der Waals surface area contributed by atoms with Gasteiger partial charge in [-0.05, 0) is 12.1 Å². The Morgan fingerprint density at radius 2 is 2.07 bits per heavy atom. The highest BCUT2D eigenvalue weighted by Gasteiger charge is 2.29. The summed E-state index contributed by atoms with van der Waals surface area (Å²) in [6.07, 6.45) is 0. The van der Waals surface area contributed by atoms with Crippen LogP contribution in [0.25, 0.3) is 0 Å². The molecule has 1 fully saturated rings. The predicted molar refractivity (Wildman–Crippen MR) is 51.5 cm³/mol. The van der Waals surface area contributed by atoms with Gasteiger partial charge in [0.15, 0.2) is 17.4 Å². The number of Topliss-reactive ketones (excluding diaryl/α,β-unsaturated/α-hetero) is 1. The first-order chi connectivity index (χ1) is 6.70. The Kier molecular flexibility index (Phi) is 2.54. The van der Waals surface area contributed by atoms with Crippen LogP contribution in [0.4, 0.5) is 8.78 Å². The Bertz CT molecular complexity index is 374. The lowest BCUT2D eigenvalue weighted by atomic mass is 9.99. The lowest BCUT2D eigenvalue weighted by molar-refractivity contribution is 0.0933. The number of thioether (sulfide) groups is 1. The van der Waals surface area contributed by atoms with Crippen LogP contribution in [0, 0.1) is 17.6 Å². The van der Waals surface area contributed by atoms with Crippen LogP contribution in [0.2, 0.25) is 0 Å². The molecule has 1 aromatic rings. The van der Waals surface area contributed by atoms with Crippen molar-refractivity contribution in [2.24, 2.45) is 5.92 Å². The van der Waals surface area contributed by atoms with E-state index in [1.165, 1.54) is 12.1 Å². The summed E-state index contributed by atoms with van der Waals surface area (Å²) in [5.74, 6) is -0.946. The highest BCUT2D eigenvalue weighted by Crippen LogP contribution is 2.28. The molecule has 1 nitrogen and oxygen atoms in total. The first-order valence-corrected chi connectivity index (χ1v) is 5.41. The third-order valence-electron chi connectivity index (χ3n) is 2.23. The van der Waals surface area contributed by atoms with E-state index in [1.807, 2.05) is 0 Å². The molecule has 2 rings (SSSR count). The van der Waals surface area contributed by atoms with Crippen molar-refractivity contribution in [3.63, 3.8) is 0 Å². The SMILES string of the molecule is O=C(c1cccc(F)c1F)C1CSC1. The third-order valence-corrected chi connectivity index (χ3v) is 3.50. The van der Waals surface area contributed by atoms with Crippen LogP contribution in [0.3, 0.4) is 0 Å². The summed E-state index contributed by atoms with van der Waals surface area (Å²) >= 11 is 1.64. The maximum atomic E-state index is 13.2. The first-order valence-electron chi connectivity index (χ1n) is 4.26. The van der Waals surface area contributed by atoms with Crippen molar-refractivity contribution in [2.45, 2.75) is 0 Å². The van der Waals surface area contributed by atoms with Gasteiger partial charge in [-0.2, -0.15) is 11.8 Å². The number of hydrogen-bond donors (Lipinski definition) is 0. The number of ketones is 1. The fourth-order valence-electron chi connectivity index (χ4n) is 1.30. The molecule has 0 N–H and O–H groups in total. The molecule has 0 aliphatic carbocycles. The normalized spacial score (nSPS) is 16.4. The van der Waals surface area contributed by atoms with Gasteiger partial charge in [0.25, 0.3) is 0 Å². The minimum Gasteiger partial charge on any atom is -0.294 e. The summed E-state index contributed by atoms with van der Waals surface area (Å²) in [6.45, 7) is 0. The molecule has 14 heavy (non-hydrogen) atoms. The van der Waals surface area contributed by atoms with E-state index >= 15 is 0 Å². The van der Waals surface area contributed by atoms with Crippen LogP contribution in [0.5, 0.6) is 0 Å². The Balaban J connectivity index is 2.31. The topological polar surface area (TPSA) is 17.1 Å². The Hall–Kier alpha value is -0.900. The summed E-state index contributed by atoms with van der Waals surface area (Å²) in [7, 11) is 0. The molecule has 1 aliphatic rings. The number of rotatable bonds is 2. The molecular weight excluding hydrogens is 206 g/mol. The molecule has 0 saturated carbocycles. The number of hydrogen-bond acceptors (Lipinski definition) is 2. The minimum atomic E-state index is -1.02. The second-order valence-electron chi connectivity index (χ2n) is 3.20. The second kappa shape index (κ2) is 3.69. The number of benzene rings is 1. The molecule has 0 spiro atoms. The van der Waals surface area contributed by atoms with Crippen molar-refractivity contribution >= 4 is 17.5 Å². The average molecular weight is 214 g/mol. The van der Waals surface area contributed by atoms with Crippen LogP contribution < -0.4 is 0 Å². The third kappa shape index (κ3) is 1.54. The van der Waals surface area contributed by atoms with Gasteiger partial charge in [-0.3, -0.25) is 4.79 Å². The van der Waals surface area contributed by atoms with E-state index < -0.39 is 11.6 Å². The van der Waals surface area contributed by atoms with E-state index in [4.69, 9.17) is 0 Å². The van der Waals surface area contributed by atoms with Crippen molar-refractivity contribution in [1.82, 2.24) is 0 Å². The fourth-order valence-corrected chi connectivity index (χ4v) is 2.08.